The van der Waals surface area contributed by atoms with E-state index in [1.807, 2.05) is 44.7 Å². The number of pyridine rings is 1. The first-order valence-electron chi connectivity index (χ1n) is 8.47. The maximum Gasteiger partial charge on any atom is 0.182 e. The average molecular weight is 348 g/mol. The van der Waals surface area contributed by atoms with Crippen molar-refractivity contribution in [3.8, 4) is 11.5 Å². The minimum absolute atomic E-state index is 0.234. The highest BCUT2D eigenvalue weighted by Crippen LogP contribution is 2.26. The van der Waals surface area contributed by atoms with Crippen LogP contribution in [0.5, 0.6) is 0 Å². The van der Waals surface area contributed by atoms with Crippen molar-refractivity contribution in [3.05, 3.63) is 48.8 Å². The van der Waals surface area contributed by atoms with Crippen molar-refractivity contribution in [1.29, 1.82) is 0 Å². The Labute approximate surface area is 151 Å². The van der Waals surface area contributed by atoms with E-state index < -0.39 is 0 Å². The summed E-state index contributed by atoms with van der Waals surface area (Å²) in [5, 5.41) is 8.90. The van der Waals surface area contributed by atoms with Gasteiger partial charge in [-0.2, -0.15) is 5.10 Å². The van der Waals surface area contributed by atoms with Crippen molar-refractivity contribution in [2.75, 3.05) is 11.9 Å². The summed E-state index contributed by atoms with van der Waals surface area (Å²) in [6.45, 7) is 4.80. The van der Waals surface area contributed by atoms with Crippen LogP contribution in [0.2, 0.25) is 0 Å². The van der Waals surface area contributed by atoms with Crippen LogP contribution in [0.4, 0.5) is 5.82 Å². The fourth-order valence-corrected chi connectivity index (χ4v) is 2.96. The highest BCUT2D eigenvalue weighted by atomic mass is 15.3. The van der Waals surface area contributed by atoms with Gasteiger partial charge in [-0.25, -0.2) is 15.0 Å². The minimum Gasteiger partial charge on any atom is -0.367 e. The van der Waals surface area contributed by atoms with Crippen molar-refractivity contribution in [3.63, 3.8) is 0 Å². The largest absolute Gasteiger partial charge is 0.367 e. The third-order valence-corrected chi connectivity index (χ3v) is 4.35. The van der Waals surface area contributed by atoms with Crippen LogP contribution in [0.1, 0.15) is 18.7 Å². The molecule has 0 bridgehead atoms. The van der Waals surface area contributed by atoms with Crippen molar-refractivity contribution < 1.29 is 0 Å². The molecular weight excluding hydrogens is 328 g/mol. The number of fused-ring (bicyclic) bond motifs is 1. The second kappa shape index (κ2) is 6.55. The Hall–Kier alpha value is -3.29. The van der Waals surface area contributed by atoms with Gasteiger partial charge in [0.2, 0.25) is 0 Å². The van der Waals surface area contributed by atoms with Gasteiger partial charge in [0.05, 0.1) is 17.4 Å². The summed E-state index contributed by atoms with van der Waals surface area (Å²) in [5.41, 5.74) is 2.42. The highest BCUT2D eigenvalue weighted by Gasteiger charge is 2.17. The lowest BCUT2D eigenvalue weighted by molar-refractivity contribution is 0.572. The predicted octanol–water partition coefficient (Wildman–Crippen LogP) is 2.60. The smallest absolute Gasteiger partial charge is 0.182 e. The van der Waals surface area contributed by atoms with Gasteiger partial charge in [-0.3, -0.25) is 9.67 Å². The van der Waals surface area contributed by atoms with E-state index in [0.717, 1.165) is 28.2 Å². The molecule has 4 rings (SSSR count). The van der Waals surface area contributed by atoms with E-state index in [1.54, 1.807) is 17.1 Å². The molecule has 1 N–H and O–H groups in total. The van der Waals surface area contributed by atoms with Crippen molar-refractivity contribution in [2.45, 2.75) is 19.9 Å². The Balaban J connectivity index is 1.74. The maximum absolute atomic E-state index is 4.74. The summed E-state index contributed by atoms with van der Waals surface area (Å²) >= 11 is 0. The summed E-state index contributed by atoms with van der Waals surface area (Å²) < 4.78 is 3.84. The molecule has 26 heavy (non-hydrogen) atoms. The number of anilines is 1. The Morgan fingerprint density at radius 1 is 1.19 bits per heavy atom. The lowest BCUT2D eigenvalue weighted by Crippen LogP contribution is -2.16. The first-order valence-corrected chi connectivity index (χ1v) is 8.47. The van der Waals surface area contributed by atoms with E-state index in [-0.39, 0.29) is 6.04 Å². The van der Waals surface area contributed by atoms with Crippen LogP contribution in [-0.2, 0) is 7.05 Å². The third-order valence-electron chi connectivity index (χ3n) is 4.35. The lowest BCUT2D eigenvalue weighted by atomic mass is 10.2. The second-order valence-electron chi connectivity index (χ2n) is 6.26. The molecule has 0 amide bonds. The number of nitrogens with zero attached hydrogens (tertiary/aromatic N) is 7. The molecule has 0 aromatic carbocycles. The van der Waals surface area contributed by atoms with Gasteiger partial charge in [-0.1, -0.05) is 6.07 Å². The summed E-state index contributed by atoms with van der Waals surface area (Å²) in [6.07, 6.45) is 7.29. The Morgan fingerprint density at radius 3 is 2.81 bits per heavy atom. The number of hydrogen-bond acceptors (Lipinski definition) is 6. The van der Waals surface area contributed by atoms with Crippen LogP contribution >= 0.6 is 0 Å². The first kappa shape index (κ1) is 16.2. The fourth-order valence-electron chi connectivity index (χ4n) is 2.96. The van der Waals surface area contributed by atoms with Crippen LogP contribution < -0.4 is 5.32 Å². The molecule has 0 saturated carbocycles. The predicted molar refractivity (Wildman–Crippen MR) is 99.7 cm³/mol. The molecule has 132 valence electrons. The van der Waals surface area contributed by atoms with Crippen LogP contribution in [0.3, 0.4) is 0 Å². The Bertz CT molecular complexity index is 1020. The molecule has 4 heterocycles. The number of imidazole rings is 1. The van der Waals surface area contributed by atoms with Gasteiger partial charge < -0.3 is 9.88 Å². The molecule has 0 spiro atoms. The van der Waals surface area contributed by atoms with Crippen molar-refractivity contribution >= 4 is 16.9 Å². The van der Waals surface area contributed by atoms with Gasteiger partial charge in [0.15, 0.2) is 11.5 Å². The monoisotopic (exact) mass is 348 g/mol. The molecule has 0 aliphatic carbocycles. The topological polar surface area (TPSA) is 86.3 Å². The van der Waals surface area contributed by atoms with Crippen molar-refractivity contribution in [2.24, 2.45) is 7.05 Å². The number of hydrogen-bond donors (Lipinski definition) is 1. The molecule has 0 saturated heterocycles. The van der Waals surface area contributed by atoms with E-state index in [1.165, 1.54) is 0 Å². The zero-order chi connectivity index (χ0) is 18.1. The summed E-state index contributed by atoms with van der Waals surface area (Å²) in [6, 6.07) is 5.95. The zero-order valence-electron chi connectivity index (χ0n) is 15.0. The molecule has 0 radical (unpaired) electrons. The van der Waals surface area contributed by atoms with E-state index >= 15 is 0 Å². The van der Waals surface area contributed by atoms with Crippen LogP contribution in [0.25, 0.3) is 22.6 Å². The second-order valence-corrected chi connectivity index (χ2v) is 6.26. The summed E-state index contributed by atoms with van der Waals surface area (Å²) in [7, 11) is 1.89. The molecule has 1 atom stereocenters. The first-order chi connectivity index (χ1) is 12.6. The molecule has 8 heteroatoms. The van der Waals surface area contributed by atoms with E-state index in [0.29, 0.717) is 12.4 Å². The van der Waals surface area contributed by atoms with Gasteiger partial charge >= 0.3 is 0 Å². The molecule has 0 unspecified atom stereocenters. The van der Waals surface area contributed by atoms with Crippen molar-refractivity contribution in [1.82, 2.24) is 34.3 Å². The molecule has 0 aliphatic heterocycles. The van der Waals surface area contributed by atoms with E-state index in [2.05, 4.69) is 36.9 Å². The maximum atomic E-state index is 4.74. The number of aromatic nitrogens is 7. The Morgan fingerprint density at radius 2 is 2.08 bits per heavy atom. The Kier molecular flexibility index (Phi) is 4.08. The number of aryl methyl sites for hydroxylation is 2. The average Bonchev–Trinajstić information content (AvgIpc) is 3.29. The number of rotatable bonds is 5. The fraction of sp³-hybridized carbons (Fsp3) is 0.278. The highest BCUT2D eigenvalue weighted by molar-refractivity contribution is 5.90. The summed E-state index contributed by atoms with van der Waals surface area (Å²) in [4.78, 5) is 17.9. The lowest BCUT2D eigenvalue weighted by Gasteiger charge is -2.15. The zero-order valence-corrected chi connectivity index (χ0v) is 15.0. The van der Waals surface area contributed by atoms with Crippen LogP contribution in [0.15, 0.2) is 43.1 Å². The quantitative estimate of drug-likeness (QED) is 0.597. The molecule has 4 aromatic heterocycles. The van der Waals surface area contributed by atoms with Gasteiger partial charge in [0.1, 0.15) is 11.5 Å². The van der Waals surface area contributed by atoms with E-state index in [4.69, 9.17) is 4.98 Å². The minimum atomic E-state index is 0.234. The third kappa shape index (κ3) is 2.90. The van der Waals surface area contributed by atoms with Gasteiger partial charge in [-0.15, -0.1) is 0 Å². The molecule has 0 aliphatic rings. The normalized spacial score (nSPS) is 12.4. The molecule has 4 aromatic rings. The van der Waals surface area contributed by atoms with E-state index in [9.17, 15) is 0 Å². The number of nitrogens with one attached hydrogen (secondary N) is 1. The van der Waals surface area contributed by atoms with Gasteiger partial charge in [-0.05, 0) is 26.0 Å². The standard InChI is InChI=1S/C18H20N8/c1-12(26-9-8-19-11-26)10-21-17-15-13(2)24-25(3)18(15)23-16(22-17)14-6-4-5-7-20-14/h4-9,11-12H,10H2,1-3H3,(H,21,22,23)/t12-/m1/s1. The van der Waals surface area contributed by atoms with Crippen LogP contribution in [-0.4, -0.2) is 40.8 Å². The molecule has 0 fully saturated rings. The molecule has 8 nitrogen and oxygen atoms in total. The van der Waals surface area contributed by atoms with Gasteiger partial charge in [0, 0.05) is 38.2 Å². The SMILES string of the molecule is Cc1nn(C)c2nc(-c3ccccn3)nc(NC[C@@H](C)n3ccnc3)c12. The molecular formula is C18H20N8. The summed E-state index contributed by atoms with van der Waals surface area (Å²) in [5.74, 6) is 1.35. The van der Waals surface area contributed by atoms with Gasteiger partial charge in [0.25, 0.3) is 0 Å². The van der Waals surface area contributed by atoms with Crippen LogP contribution in [0, 0.1) is 6.92 Å².